The van der Waals surface area contributed by atoms with Crippen LogP contribution in [0.3, 0.4) is 0 Å². The molecule has 2 aromatic rings. The lowest BCUT2D eigenvalue weighted by atomic mass is 10.0. The Balaban J connectivity index is 0.00000420. The summed E-state index contributed by atoms with van der Waals surface area (Å²) in [5, 5.41) is 13.8. The summed E-state index contributed by atoms with van der Waals surface area (Å²) in [6, 6.07) is 10.2. The molecule has 0 fully saturated rings. The molecule has 1 unspecified atom stereocenters. The van der Waals surface area contributed by atoms with Crippen LogP contribution in [0.1, 0.15) is 18.0 Å². The summed E-state index contributed by atoms with van der Waals surface area (Å²) in [7, 11) is 4.99. The fourth-order valence-corrected chi connectivity index (χ4v) is 2.45. The summed E-state index contributed by atoms with van der Waals surface area (Å²) in [6.07, 6.45) is 0.0699. The Labute approximate surface area is 174 Å². The predicted molar refractivity (Wildman–Crippen MR) is 108 cm³/mol. The normalized spacial score (nSPS) is 11.2. The molecule has 0 radical (unpaired) electrons. The highest BCUT2D eigenvalue weighted by Gasteiger charge is 2.14. The van der Waals surface area contributed by atoms with Gasteiger partial charge in [-0.2, -0.15) is 0 Å². The van der Waals surface area contributed by atoms with Crippen LogP contribution in [0.25, 0.3) is 0 Å². The summed E-state index contributed by atoms with van der Waals surface area (Å²) in [5.41, 5.74) is 0.618. The predicted octanol–water partition coefficient (Wildman–Crippen LogP) is 3.95. The van der Waals surface area contributed by atoms with Crippen LogP contribution in [0.15, 0.2) is 42.5 Å². The van der Waals surface area contributed by atoms with Crippen molar-refractivity contribution in [2.75, 3.05) is 27.7 Å². The van der Waals surface area contributed by atoms with Crippen molar-refractivity contribution in [1.29, 1.82) is 0 Å². The van der Waals surface area contributed by atoms with Crippen LogP contribution in [0.4, 0.5) is 14.9 Å². The summed E-state index contributed by atoms with van der Waals surface area (Å²) in [5.74, 6) is -0.379. The summed E-state index contributed by atoms with van der Waals surface area (Å²) < 4.78 is 24.4. The number of nitro groups is 1. The van der Waals surface area contributed by atoms with Crippen molar-refractivity contribution < 1.29 is 23.6 Å². The number of hydrogen-bond donors (Lipinski definition) is 1. The van der Waals surface area contributed by atoms with Crippen molar-refractivity contribution in [2.45, 2.75) is 12.5 Å². The molecule has 8 nitrogen and oxygen atoms in total. The van der Waals surface area contributed by atoms with E-state index in [1.807, 2.05) is 12.1 Å². The average molecular weight is 428 g/mol. The first-order valence-corrected chi connectivity index (χ1v) is 8.55. The first kappa shape index (κ1) is 24.1. The number of benzene rings is 2. The molecule has 0 aromatic heterocycles. The highest BCUT2D eigenvalue weighted by atomic mass is 35.5. The lowest BCUT2D eigenvalue weighted by molar-refractivity contribution is -0.385. The number of ether oxygens (including phenoxy) is 2. The minimum absolute atomic E-state index is 0. The molecule has 0 bridgehead atoms. The second-order valence-electron chi connectivity index (χ2n) is 6.18. The van der Waals surface area contributed by atoms with Gasteiger partial charge in [0.15, 0.2) is 11.6 Å². The van der Waals surface area contributed by atoms with Crippen LogP contribution in [0.2, 0.25) is 0 Å². The van der Waals surface area contributed by atoms with Crippen LogP contribution in [0, 0.1) is 15.9 Å². The van der Waals surface area contributed by atoms with Gasteiger partial charge in [-0.05, 0) is 30.8 Å². The number of nitrogens with zero attached hydrogens (tertiary/aromatic N) is 2. The van der Waals surface area contributed by atoms with Crippen LogP contribution in [-0.4, -0.2) is 43.7 Å². The minimum atomic E-state index is -0.776. The third-order valence-corrected chi connectivity index (χ3v) is 3.99. The van der Waals surface area contributed by atoms with Crippen molar-refractivity contribution in [3.63, 3.8) is 0 Å². The number of nitrogens with one attached hydrogen (secondary N) is 1. The third-order valence-electron chi connectivity index (χ3n) is 3.99. The van der Waals surface area contributed by atoms with Crippen LogP contribution in [-0.2, 0) is 0 Å². The van der Waals surface area contributed by atoms with E-state index in [-0.39, 0.29) is 36.5 Å². The smallest absolute Gasteiger partial charge is 0.414 e. The first-order chi connectivity index (χ1) is 13.3. The van der Waals surface area contributed by atoms with Gasteiger partial charge in [0.25, 0.3) is 5.69 Å². The maximum atomic E-state index is 13.9. The Morgan fingerprint density at radius 1 is 1.24 bits per heavy atom. The molecule has 29 heavy (non-hydrogen) atoms. The van der Waals surface area contributed by atoms with Crippen molar-refractivity contribution in [1.82, 2.24) is 10.2 Å². The monoisotopic (exact) mass is 427 g/mol. The molecule has 0 aliphatic rings. The van der Waals surface area contributed by atoms with Gasteiger partial charge in [-0.15, -0.1) is 12.4 Å². The molecule has 10 heteroatoms. The van der Waals surface area contributed by atoms with Gasteiger partial charge >= 0.3 is 6.09 Å². The van der Waals surface area contributed by atoms with Crippen molar-refractivity contribution >= 4 is 24.2 Å². The molecule has 0 heterocycles. The molecule has 158 valence electrons. The molecule has 1 N–H and O–H groups in total. The standard InChI is InChI=1S/C19H22FN3O5.ClH/c1-21-17(13-4-7-15(8-5-13)28-19(24)22(2)3)10-11-27-18-9-6-14(23(25)26)12-16(18)20;/h4-9,12,17,21H,10-11H2,1-3H3;1H. The molecular formula is C19H23ClFN3O5. The van der Waals surface area contributed by atoms with E-state index in [2.05, 4.69) is 5.32 Å². The van der Waals surface area contributed by atoms with Gasteiger partial charge in [0.1, 0.15) is 5.75 Å². The third kappa shape index (κ3) is 6.88. The van der Waals surface area contributed by atoms with E-state index in [4.69, 9.17) is 9.47 Å². The molecular weight excluding hydrogens is 405 g/mol. The number of carbonyl (C=O) groups is 1. The molecule has 0 aliphatic heterocycles. The number of hydrogen-bond acceptors (Lipinski definition) is 6. The zero-order chi connectivity index (χ0) is 20.7. The molecule has 0 saturated carbocycles. The number of halogens is 2. The zero-order valence-corrected chi connectivity index (χ0v) is 17.1. The highest BCUT2D eigenvalue weighted by Crippen LogP contribution is 2.24. The number of carbonyl (C=O) groups excluding carboxylic acids is 1. The summed E-state index contributed by atoms with van der Waals surface area (Å²) >= 11 is 0. The Bertz CT molecular complexity index is 833. The fourth-order valence-electron chi connectivity index (χ4n) is 2.45. The molecule has 0 saturated heterocycles. The van der Waals surface area contributed by atoms with E-state index in [9.17, 15) is 19.3 Å². The van der Waals surface area contributed by atoms with Crippen LogP contribution < -0.4 is 14.8 Å². The van der Waals surface area contributed by atoms with E-state index in [0.717, 1.165) is 11.6 Å². The maximum Gasteiger partial charge on any atom is 0.414 e. The van der Waals surface area contributed by atoms with Gasteiger partial charge in [-0.25, -0.2) is 9.18 Å². The van der Waals surface area contributed by atoms with Crippen molar-refractivity contribution in [3.05, 3.63) is 64.0 Å². The van der Waals surface area contributed by atoms with Gasteiger partial charge in [0.05, 0.1) is 17.6 Å². The van der Waals surface area contributed by atoms with Gasteiger partial charge in [-0.1, -0.05) is 12.1 Å². The van der Waals surface area contributed by atoms with E-state index < -0.39 is 16.8 Å². The molecule has 2 rings (SSSR count). The Morgan fingerprint density at radius 3 is 2.41 bits per heavy atom. The Morgan fingerprint density at radius 2 is 1.90 bits per heavy atom. The van der Waals surface area contributed by atoms with E-state index >= 15 is 0 Å². The van der Waals surface area contributed by atoms with E-state index in [0.29, 0.717) is 12.2 Å². The molecule has 0 aliphatic carbocycles. The van der Waals surface area contributed by atoms with Gasteiger partial charge in [0, 0.05) is 32.6 Å². The van der Waals surface area contributed by atoms with E-state index in [1.54, 1.807) is 33.3 Å². The highest BCUT2D eigenvalue weighted by molar-refractivity contribution is 5.85. The Kier molecular flexibility index (Phi) is 9.30. The lowest BCUT2D eigenvalue weighted by Crippen LogP contribution is -2.25. The molecule has 2 aromatic carbocycles. The van der Waals surface area contributed by atoms with Crippen molar-refractivity contribution in [2.24, 2.45) is 0 Å². The lowest BCUT2D eigenvalue weighted by Gasteiger charge is -2.18. The van der Waals surface area contributed by atoms with Gasteiger partial charge < -0.3 is 19.7 Å². The zero-order valence-electron chi connectivity index (χ0n) is 16.3. The SMILES string of the molecule is CNC(CCOc1ccc([N+](=O)[O-])cc1F)c1ccc(OC(=O)N(C)C)cc1.Cl. The fraction of sp³-hybridized carbons (Fsp3) is 0.316. The van der Waals surface area contributed by atoms with Crippen LogP contribution in [0.5, 0.6) is 11.5 Å². The largest absolute Gasteiger partial charge is 0.490 e. The van der Waals surface area contributed by atoms with E-state index in [1.165, 1.54) is 17.0 Å². The second kappa shape index (κ2) is 11.2. The minimum Gasteiger partial charge on any atom is -0.490 e. The topological polar surface area (TPSA) is 93.9 Å². The Hall–Kier alpha value is -2.91. The van der Waals surface area contributed by atoms with Gasteiger partial charge in [-0.3, -0.25) is 10.1 Å². The quantitative estimate of drug-likeness (QED) is 0.506. The van der Waals surface area contributed by atoms with Gasteiger partial charge in [0.2, 0.25) is 0 Å². The second-order valence-corrected chi connectivity index (χ2v) is 6.18. The first-order valence-electron chi connectivity index (χ1n) is 8.55. The van der Waals surface area contributed by atoms with Crippen molar-refractivity contribution in [3.8, 4) is 11.5 Å². The molecule has 1 amide bonds. The molecule has 1 atom stereocenters. The molecule has 0 spiro atoms. The number of amides is 1. The summed E-state index contributed by atoms with van der Waals surface area (Å²) in [4.78, 5) is 22.9. The maximum absolute atomic E-state index is 13.9. The number of nitro benzene ring substituents is 1. The summed E-state index contributed by atoms with van der Waals surface area (Å²) in [6.45, 7) is 0.206. The van der Waals surface area contributed by atoms with Crippen LogP contribution >= 0.6 is 12.4 Å². The number of non-ortho nitro benzene ring substituents is 1. The number of rotatable bonds is 8. The average Bonchev–Trinajstić information content (AvgIpc) is 2.67.